The number of aromatic hydroxyl groups is 1. The number of carbonyl (C=O) groups is 1. The van der Waals surface area contributed by atoms with E-state index < -0.39 is 0 Å². The molecule has 29 heavy (non-hydrogen) atoms. The number of benzene rings is 2. The first-order valence-corrected chi connectivity index (χ1v) is 10.3. The van der Waals surface area contributed by atoms with E-state index in [0.717, 1.165) is 48.2 Å². The lowest BCUT2D eigenvalue weighted by atomic mass is 10.1. The Morgan fingerprint density at radius 2 is 2.00 bits per heavy atom. The van der Waals surface area contributed by atoms with Crippen LogP contribution in [-0.2, 0) is 6.42 Å². The van der Waals surface area contributed by atoms with Crippen LogP contribution in [-0.4, -0.2) is 27.3 Å². The maximum atomic E-state index is 12.8. The Hall–Kier alpha value is -2.79. The van der Waals surface area contributed by atoms with Crippen LogP contribution >= 0.6 is 11.6 Å². The lowest BCUT2D eigenvalue weighted by Crippen LogP contribution is -2.25. The van der Waals surface area contributed by atoms with Crippen molar-refractivity contribution in [3.05, 3.63) is 76.1 Å². The zero-order valence-electron chi connectivity index (χ0n) is 16.4. The summed E-state index contributed by atoms with van der Waals surface area (Å²) in [5.41, 5.74) is 4.66. The summed E-state index contributed by atoms with van der Waals surface area (Å²) in [5.74, 6) is 0.555. The zero-order chi connectivity index (χ0) is 20.4. The van der Waals surface area contributed by atoms with E-state index in [1.165, 1.54) is 0 Å². The highest BCUT2D eigenvalue weighted by atomic mass is 35.5. The van der Waals surface area contributed by atoms with Gasteiger partial charge in [-0.3, -0.25) is 4.79 Å². The number of aryl methyl sites for hydroxylation is 2. The standard InChI is InChI=1S/C23H24ClN3O2/c1-15-4-9-18(13-21(15)24)27-22(17-7-8-17)20(14-26-27)23(29)25-12-2-3-16-5-10-19(28)11-6-16/h4-6,9-11,13-14,17,28H,2-3,7-8,12H2,1H3,(H,25,29). The van der Waals surface area contributed by atoms with E-state index in [0.29, 0.717) is 23.0 Å². The maximum Gasteiger partial charge on any atom is 0.254 e. The van der Waals surface area contributed by atoms with Gasteiger partial charge in [-0.05, 0) is 68.0 Å². The third kappa shape index (κ3) is 4.46. The largest absolute Gasteiger partial charge is 0.508 e. The fraction of sp³-hybridized carbons (Fsp3) is 0.304. The molecule has 3 aromatic rings. The lowest BCUT2D eigenvalue weighted by Gasteiger charge is -2.11. The van der Waals surface area contributed by atoms with Crippen molar-refractivity contribution in [2.45, 2.75) is 38.5 Å². The number of nitrogens with zero attached hydrogens (tertiary/aromatic N) is 2. The first-order valence-electron chi connectivity index (χ1n) is 9.93. The van der Waals surface area contributed by atoms with Gasteiger partial charge in [-0.15, -0.1) is 0 Å². The molecule has 2 N–H and O–H groups in total. The first-order chi connectivity index (χ1) is 14.0. The van der Waals surface area contributed by atoms with E-state index in [2.05, 4.69) is 10.4 Å². The second kappa shape index (κ2) is 8.29. The first kappa shape index (κ1) is 19.5. The normalized spacial score (nSPS) is 13.4. The van der Waals surface area contributed by atoms with E-state index in [1.54, 1.807) is 18.3 Å². The van der Waals surface area contributed by atoms with Gasteiger partial charge in [0.1, 0.15) is 5.75 Å². The highest BCUT2D eigenvalue weighted by Crippen LogP contribution is 2.42. The van der Waals surface area contributed by atoms with Crippen molar-refractivity contribution in [2.75, 3.05) is 6.54 Å². The van der Waals surface area contributed by atoms with Crippen molar-refractivity contribution in [3.8, 4) is 11.4 Å². The zero-order valence-corrected chi connectivity index (χ0v) is 17.1. The second-order valence-electron chi connectivity index (χ2n) is 7.59. The van der Waals surface area contributed by atoms with Crippen molar-refractivity contribution in [3.63, 3.8) is 0 Å². The molecule has 0 aliphatic heterocycles. The van der Waals surface area contributed by atoms with Crippen LogP contribution in [0.15, 0.2) is 48.7 Å². The molecule has 1 aliphatic carbocycles. The predicted molar refractivity (Wildman–Crippen MR) is 114 cm³/mol. The topological polar surface area (TPSA) is 67.2 Å². The average molecular weight is 410 g/mol. The third-order valence-electron chi connectivity index (χ3n) is 5.28. The minimum atomic E-state index is -0.0814. The Morgan fingerprint density at radius 1 is 1.24 bits per heavy atom. The number of hydrogen-bond acceptors (Lipinski definition) is 3. The Bertz CT molecular complexity index is 1020. The smallest absolute Gasteiger partial charge is 0.254 e. The molecule has 0 spiro atoms. The molecular formula is C23H24ClN3O2. The highest BCUT2D eigenvalue weighted by Gasteiger charge is 2.32. The van der Waals surface area contributed by atoms with Crippen LogP contribution in [0.2, 0.25) is 5.02 Å². The van der Waals surface area contributed by atoms with Crippen LogP contribution < -0.4 is 5.32 Å². The minimum absolute atomic E-state index is 0.0814. The van der Waals surface area contributed by atoms with E-state index >= 15 is 0 Å². The summed E-state index contributed by atoms with van der Waals surface area (Å²) in [7, 11) is 0. The molecule has 0 saturated heterocycles. The van der Waals surface area contributed by atoms with Gasteiger partial charge in [0, 0.05) is 17.5 Å². The second-order valence-corrected chi connectivity index (χ2v) is 8.00. The number of rotatable bonds is 7. The average Bonchev–Trinajstić information content (AvgIpc) is 3.46. The molecule has 1 amide bonds. The lowest BCUT2D eigenvalue weighted by molar-refractivity contribution is 0.0952. The molecule has 0 radical (unpaired) electrons. The molecular weight excluding hydrogens is 386 g/mol. The summed E-state index contributed by atoms with van der Waals surface area (Å²) in [6.07, 6.45) is 5.49. The fourth-order valence-corrected chi connectivity index (χ4v) is 3.63. The van der Waals surface area contributed by atoms with Crippen molar-refractivity contribution < 1.29 is 9.90 Å². The van der Waals surface area contributed by atoms with E-state index in [9.17, 15) is 9.90 Å². The number of halogens is 1. The van der Waals surface area contributed by atoms with Gasteiger partial charge in [-0.25, -0.2) is 4.68 Å². The number of nitrogens with one attached hydrogen (secondary N) is 1. The number of hydrogen-bond donors (Lipinski definition) is 2. The predicted octanol–water partition coefficient (Wildman–Crippen LogP) is 4.78. The fourth-order valence-electron chi connectivity index (χ4n) is 3.45. The van der Waals surface area contributed by atoms with Gasteiger partial charge in [0.15, 0.2) is 0 Å². The molecule has 1 heterocycles. The Balaban J connectivity index is 1.44. The van der Waals surface area contributed by atoms with Gasteiger partial charge in [-0.1, -0.05) is 29.8 Å². The Kier molecular flexibility index (Phi) is 5.58. The third-order valence-corrected chi connectivity index (χ3v) is 5.69. The molecule has 1 aliphatic rings. The number of aromatic nitrogens is 2. The Labute approximate surface area is 175 Å². The summed E-state index contributed by atoms with van der Waals surface area (Å²) in [6.45, 7) is 2.55. The van der Waals surface area contributed by atoms with Crippen molar-refractivity contribution in [1.29, 1.82) is 0 Å². The van der Waals surface area contributed by atoms with Gasteiger partial charge < -0.3 is 10.4 Å². The number of phenolic OH excluding ortho intramolecular Hbond substituents is 1. The van der Waals surface area contributed by atoms with Gasteiger partial charge in [0.25, 0.3) is 5.91 Å². The molecule has 1 saturated carbocycles. The van der Waals surface area contributed by atoms with Crippen LogP contribution in [0.4, 0.5) is 0 Å². The van der Waals surface area contributed by atoms with Crippen LogP contribution in [0.25, 0.3) is 5.69 Å². The minimum Gasteiger partial charge on any atom is -0.508 e. The van der Waals surface area contributed by atoms with E-state index in [1.807, 2.05) is 41.9 Å². The summed E-state index contributed by atoms with van der Waals surface area (Å²) < 4.78 is 1.86. The monoisotopic (exact) mass is 409 g/mol. The summed E-state index contributed by atoms with van der Waals surface area (Å²) in [4.78, 5) is 12.8. The summed E-state index contributed by atoms with van der Waals surface area (Å²) in [5, 5.41) is 17.6. The van der Waals surface area contributed by atoms with Crippen molar-refractivity contribution >= 4 is 17.5 Å². The molecule has 6 heteroatoms. The van der Waals surface area contributed by atoms with Crippen molar-refractivity contribution in [2.24, 2.45) is 0 Å². The van der Waals surface area contributed by atoms with Crippen LogP contribution in [0.3, 0.4) is 0 Å². The van der Waals surface area contributed by atoms with E-state index in [-0.39, 0.29) is 11.7 Å². The Morgan fingerprint density at radius 3 is 2.69 bits per heavy atom. The van der Waals surface area contributed by atoms with E-state index in [4.69, 9.17) is 11.6 Å². The van der Waals surface area contributed by atoms with Gasteiger partial charge in [0.2, 0.25) is 0 Å². The van der Waals surface area contributed by atoms with Crippen molar-refractivity contribution in [1.82, 2.24) is 15.1 Å². The molecule has 0 atom stereocenters. The molecule has 4 rings (SSSR count). The molecule has 1 aromatic heterocycles. The SMILES string of the molecule is Cc1ccc(-n2ncc(C(=O)NCCCc3ccc(O)cc3)c2C2CC2)cc1Cl. The van der Waals surface area contributed by atoms with Gasteiger partial charge in [0.05, 0.1) is 23.1 Å². The molecule has 0 unspecified atom stereocenters. The van der Waals surface area contributed by atoms with Crippen LogP contribution in [0.1, 0.15) is 52.4 Å². The summed E-state index contributed by atoms with van der Waals surface area (Å²) in [6, 6.07) is 13.0. The van der Waals surface area contributed by atoms with Crippen LogP contribution in [0.5, 0.6) is 5.75 Å². The van der Waals surface area contributed by atoms with Gasteiger partial charge in [-0.2, -0.15) is 5.10 Å². The maximum absolute atomic E-state index is 12.8. The molecule has 1 fully saturated rings. The number of carbonyl (C=O) groups excluding carboxylic acids is 1. The summed E-state index contributed by atoms with van der Waals surface area (Å²) >= 11 is 6.29. The highest BCUT2D eigenvalue weighted by molar-refractivity contribution is 6.31. The molecule has 150 valence electrons. The van der Waals surface area contributed by atoms with Gasteiger partial charge >= 0.3 is 0 Å². The van der Waals surface area contributed by atoms with Crippen LogP contribution in [0, 0.1) is 6.92 Å². The number of phenols is 1. The molecule has 5 nitrogen and oxygen atoms in total. The molecule has 2 aromatic carbocycles. The quantitative estimate of drug-likeness (QED) is 0.552. The molecule has 0 bridgehead atoms. The number of amides is 1.